The monoisotopic (exact) mass is 463 g/mol. The maximum atomic E-state index is 14.3. The van der Waals surface area contributed by atoms with Crippen LogP contribution in [0.4, 0.5) is 4.39 Å². The van der Waals surface area contributed by atoms with Crippen molar-refractivity contribution in [1.29, 1.82) is 0 Å². The Morgan fingerprint density at radius 1 is 1.18 bits per heavy atom. The molecule has 2 aromatic heterocycles. The van der Waals surface area contributed by atoms with Gasteiger partial charge in [-0.15, -0.1) is 0 Å². The third-order valence-corrected chi connectivity index (χ3v) is 6.49. The summed E-state index contributed by atoms with van der Waals surface area (Å²) in [5, 5.41) is 13.0. The number of aromatic nitrogens is 1. The van der Waals surface area contributed by atoms with Crippen LogP contribution >= 0.6 is 0 Å². The van der Waals surface area contributed by atoms with Crippen LogP contribution < -0.4 is 0 Å². The largest absolute Gasteiger partial charge is 0.507 e. The summed E-state index contributed by atoms with van der Waals surface area (Å²) in [6.45, 7) is 5.14. The van der Waals surface area contributed by atoms with Crippen molar-refractivity contribution >= 4 is 27.7 Å². The molecule has 1 saturated heterocycles. The van der Waals surface area contributed by atoms with E-state index in [0.717, 1.165) is 31.7 Å². The number of aromatic hydroxyl groups is 1. The number of esters is 1. The van der Waals surface area contributed by atoms with Gasteiger partial charge in [0, 0.05) is 60.3 Å². The topological polar surface area (TPSA) is 79.0 Å². The third-order valence-electron chi connectivity index (χ3n) is 6.49. The third kappa shape index (κ3) is 3.78. The maximum Gasteiger partial charge on any atom is 0.342 e. The molecule has 8 heteroatoms. The van der Waals surface area contributed by atoms with Crippen molar-refractivity contribution in [3.05, 3.63) is 71.5 Å². The van der Waals surface area contributed by atoms with Crippen molar-refractivity contribution < 1.29 is 23.4 Å². The van der Waals surface area contributed by atoms with Crippen molar-refractivity contribution in [3.63, 3.8) is 0 Å². The minimum absolute atomic E-state index is 0.0744. The molecule has 176 valence electrons. The lowest BCUT2D eigenvalue weighted by atomic mass is 9.89. The summed E-state index contributed by atoms with van der Waals surface area (Å²) in [5.41, 5.74) is 2.06. The molecule has 0 spiro atoms. The number of carbonyl (C=O) groups is 1. The zero-order valence-electron chi connectivity index (χ0n) is 19.1. The van der Waals surface area contributed by atoms with Gasteiger partial charge in [-0.25, -0.2) is 9.18 Å². The highest BCUT2D eigenvalue weighted by atomic mass is 19.1. The molecule has 7 nitrogen and oxygen atoms in total. The van der Waals surface area contributed by atoms with E-state index in [1.807, 2.05) is 12.1 Å². The Kier molecular flexibility index (Phi) is 5.93. The Morgan fingerprint density at radius 2 is 1.91 bits per heavy atom. The number of hydrogen-bond acceptors (Lipinski definition) is 7. The fraction of sp³-hybridized carbons (Fsp3) is 0.308. The second kappa shape index (κ2) is 9.04. The second-order valence-electron chi connectivity index (χ2n) is 8.55. The molecule has 0 amide bonds. The molecule has 4 aromatic rings. The number of hydrogen-bond donors (Lipinski definition) is 1. The Balaban J connectivity index is 1.85. The van der Waals surface area contributed by atoms with Gasteiger partial charge in [0.15, 0.2) is 0 Å². The van der Waals surface area contributed by atoms with Gasteiger partial charge in [0.05, 0.1) is 12.6 Å². The number of fused-ring (bicyclic) bond motifs is 3. The lowest BCUT2D eigenvalue weighted by molar-refractivity contribution is 0.0527. The fourth-order valence-corrected chi connectivity index (χ4v) is 4.81. The van der Waals surface area contributed by atoms with Gasteiger partial charge in [0.1, 0.15) is 29.0 Å². The molecular formula is C26H26FN3O4. The number of piperazine rings is 1. The van der Waals surface area contributed by atoms with Crippen LogP contribution in [0.2, 0.25) is 0 Å². The van der Waals surface area contributed by atoms with E-state index in [-0.39, 0.29) is 17.9 Å². The molecule has 0 aliphatic carbocycles. The molecule has 1 fully saturated rings. The van der Waals surface area contributed by atoms with E-state index >= 15 is 0 Å². The number of phenolic OH excluding ortho intramolecular Hbond substituents is 1. The van der Waals surface area contributed by atoms with Crippen LogP contribution in [0.25, 0.3) is 21.7 Å². The molecular weight excluding hydrogens is 437 g/mol. The fourth-order valence-electron chi connectivity index (χ4n) is 4.81. The molecule has 1 atom stereocenters. The average Bonchev–Trinajstić information content (AvgIpc) is 3.28. The highest BCUT2D eigenvalue weighted by Gasteiger charge is 2.33. The highest BCUT2D eigenvalue weighted by Crippen LogP contribution is 2.46. The molecule has 1 N–H and O–H groups in total. The smallest absolute Gasteiger partial charge is 0.342 e. The summed E-state index contributed by atoms with van der Waals surface area (Å²) in [7, 11) is 2.07. The predicted molar refractivity (Wildman–Crippen MR) is 126 cm³/mol. The first-order chi connectivity index (χ1) is 16.5. The van der Waals surface area contributed by atoms with E-state index < -0.39 is 17.8 Å². The molecule has 0 radical (unpaired) electrons. The van der Waals surface area contributed by atoms with E-state index in [1.54, 1.807) is 25.4 Å². The highest BCUT2D eigenvalue weighted by molar-refractivity contribution is 6.16. The molecule has 3 heterocycles. The maximum absolute atomic E-state index is 14.3. The summed E-state index contributed by atoms with van der Waals surface area (Å²) < 4.78 is 25.4. The zero-order chi connectivity index (χ0) is 23.8. The number of likely N-dealkylation sites (N-methyl/N-ethyl adjacent to an activating group) is 1. The van der Waals surface area contributed by atoms with Gasteiger partial charge in [0.2, 0.25) is 0 Å². The van der Waals surface area contributed by atoms with E-state index in [2.05, 4.69) is 21.8 Å². The molecule has 5 rings (SSSR count). The normalized spacial score (nSPS) is 16.2. The van der Waals surface area contributed by atoms with Crippen molar-refractivity contribution in [1.82, 2.24) is 14.8 Å². The summed E-state index contributed by atoms with van der Waals surface area (Å²) >= 11 is 0. The predicted octanol–water partition coefficient (Wildman–Crippen LogP) is 4.34. The number of phenols is 1. The number of nitrogens with zero attached hydrogens (tertiary/aromatic N) is 3. The molecule has 0 saturated carbocycles. The first-order valence-corrected chi connectivity index (χ1v) is 11.3. The van der Waals surface area contributed by atoms with Crippen LogP contribution in [-0.2, 0) is 4.74 Å². The summed E-state index contributed by atoms with van der Waals surface area (Å²) in [5.74, 6) is -1.07. The Hall–Kier alpha value is -3.49. The van der Waals surface area contributed by atoms with Gasteiger partial charge in [-0.2, -0.15) is 0 Å². The van der Waals surface area contributed by atoms with Crippen LogP contribution in [0.1, 0.15) is 34.5 Å². The van der Waals surface area contributed by atoms with Gasteiger partial charge < -0.3 is 19.2 Å². The van der Waals surface area contributed by atoms with E-state index in [1.165, 1.54) is 18.4 Å². The molecule has 1 aliphatic rings. The van der Waals surface area contributed by atoms with Gasteiger partial charge in [-0.05, 0) is 49.9 Å². The number of pyridine rings is 1. The number of furan rings is 1. The molecule has 0 bridgehead atoms. The molecule has 2 aromatic carbocycles. The van der Waals surface area contributed by atoms with Crippen LogP contribution in [0.3, 0.4) is 0 Å². The molecule has 1 unspecified atom stereocenters. The zero-order valence-corrected chi connectivity index (χ0v) is 19.1. The summed E-state index contributed by atoms with van der Waals surface area (Å²) in [4.78, 5) is 21.6. The van der Waals surface area contributed by atoms with E-state index in [9.17, 15) is 14.3 Å². The van der Waals surface area contributed by atoms with Crippen LogP contribution in [-0.4, -0.2) is 65.7 Å². The lowest BCUT2D eigenvalue weighted by Crippen LogP contribution is -2.46. The van der Waals surface area contributed by atoms with Crippen LogP contribution in [0.5, 0.6) is 5.75 Å². The summed E-state index contributed by atoms with van der Waals surface area (Å²) in [6.07, 6.45) is 4.77. The average molecular weight is 464 g/mol. The van der Waals surface area contributed by atoms with Gasteiger partial charge in [0.25, 0.3) is 0 Å². The number of ether oxygens (including phenoxy) is 1. The van der Waals surface area contributed by atoms with Crippen LogP contribution in [0, 0.1) is 5.82 Å². The molecule has 1 aliphatic heterocycles. The Morgan fingerprint density at radius 3 is 2.62 bits per heavy atom. The Bertz CT molecular complexity index is 1350. The number of benzene rings is 2. The Labute approximate surface area is 196 Å². The van der Waals surface area contributed by atoms with Gasteiger partial charge in [-0.3, -0.25) is 9.88 Å². The lowest BCUT2D eigenvalue weighted by Gasteiger charge is -2.39. The van der Waals surface area contributed by atoms with Crippen molar-refractivity contribution in [3.8, 4) is 5.75 Å². The number of carbonyl (C=O) groups excluding carboxylic acids is 1. The first-order valence-electron chi connectivity index (χ1n) is 11.3. The quantitative estimate of drug-likeness (QED) is 0.441. The van der Waals surface area contributed by atoms with Crippen molar-refractivity contribution in [2.24, 2.45) is 0 Å². The number of rotatable bonds is 5. The van der Waals surface area contributed by atoms with E-state index in [4.69, 9.17) is 9.15 Å². The standard InChI is InChI=1S/C26H26FN3O4/c1-3-33-26(32)20-15-34-25-18-5-4-17(27)14-19(18)24(31)22(21(20)25)23(16-6-8-28-9-7-16)30-12-10-29(2)11-13-30/h4-9,14-15,23,31H,3,10-13H2,1-2H3. The van der Waals surface area contributed by atoms with Gasteiger partial charge >= 0.3 is 5.97 Å². The number of halogens is 1. The summed E-state index contributed by atoms with van der Waals surface area (Å²) in [6, 6.07) is 7.56. The first kappa shape index (κ1) is 22.3. The van der Waals surface area contributed by atoms with Gasteiger partial charge in [-0.1, -0.05) is 0 Å². The van der Waals surface area contributed by atoms with E-state index in [0.29, 0.717) is 27.3 Å². The van der Waals surface area contributed by atoms with Crippen molar-refractivity contribution in [2.75, 3.05) is 39.8 Å². The minimum Gasteiger partial charge on any atom is -0.507 e. The van der Waals surface area contributed by atoms with Crippen LogP contribution in [0.15, 0.2) is 53.4 Å². The second-order valence-corrected chi connectivity index (χ2v) is 8.55. The minimum atomic E-state index is -0.532. The van der Waals surface area contributed by atoms with Crippen molar-refractivity contribution in [2.45, 2.75) is 13.0 Å². The molecule has 34 heavy (non-hydrogen) atoms. The SMILES string of the molecule is CCOC(=O)c1coc2c1c(C(c1ccncc1)N1CCN(C)CC1)c(O)c1cc(F)ccc12.